The summed E-state index contributed by atoms with van der Waals surface area (Å²) in [6.45, 7) is 7.42. The fraction of sp³-hybridized carbons (Fsp3) is 0.579. The predicted molar refractivity (Wildman–Crippen MR) is 93.7 cm³/mol. The van der Waals surface area contributed by atoms with E-state index in [2.05, 4.69) is 6.07 Å². The Balaban J connectivity index is 1.93. The summed E-state index contributed by atoms with van der Waals surface area (Å²) in [4.78, 5) is 14.0. The molecule has 1 aromatic carbocycles. The molecule has 2 rings (SSSR count). The molecule has 0 bridgehead atoms. The van der Waals surface area contributed by atoms with Gasteiger partial charge in [-0.15, -0.1) is 0 Å². The number of piperidine rings is 1. The highest BCUT2D eigenvalue weighted by atomic mass is 16.6. The molecule has 1 aliphatic rings. The molecule has 0 aliphatic carbocycles. The number of ether oxygens (including phenoxy) is 3. The van der Waals surface area contributed by atoms with E-state index in [-0.39, 0.29) is 12.0 Å². The quantitative estimate of drug-likeness (QED) is 0.833. The zero-order valence-corrected chi connectivity index (χ0v) is 15.4. The van der Waals surface area contributed by atoms with Crippen molar-refractivity contribution in [2.24, 2.45) is 5.92 Å². The highest BCUT2D eigenvalue weighted by molar-refractivity contribution is 5.68. The number of carbonyl (C=O) groups excluding carboxylic acids is 1. The first kappa shape index (κ1) is 18.9. The van der Waals surface area contributed by atoms with Crippen LogP contribution in [0.3, 0.4) is 0 Å². The molecule has 1 aliphatic heterocycles. The Bertz CT molecular complexity index is 646. The lowest BCUT2D eigenvalue weighted by Crippen LogP contribution is -2.44. The normalized spacial score (nSPS) is 17.6. The first-order valence-electron chi connectivity index (χ1n) is 8.51. The van der Waals surface area contributed by atoms with Crippen LogP contribution in [-0.2, 0) is 4.74 Å². The van der Waals surface area contributed by atoms with Gasteiger partial charge in [0.05, 0.1) is 25.3 Å². The van der Waals surface area contributed by atoms with E-state index >= 15 is 0 Å². The van der Waals surface area contributed by atoms with Crippen LogP contribution in [0.4, 0.5) is 4.79 Å². The first-order chi connectivity index (χ1) is 11.8. The Morgan fingerprint density at radius 1 is 1.36 bits per heavy atom. The predicted octanol–water partition coefficient (Wildman–Crippen LogP) is 3.59. The molecule has 1 amide bonds. The molecule has 1 fully saturated rings. The Kier molecular flexibility index (Phi) is 6.13. The van der Waals surface area contributed by atoms with Gasteiger partial charge in [0.15, 0.2) is 11.5 Å². The summed E-state index contributed by atoms with van der Waals surface area (Å²) >= 11 is 0. The van der Waals surface area contributed by atoms with Gasteiger partial charge in [-0.3, -0.25) is 0 Å². The van der Waals surface area contributed by atoms with Crippen molar-refractivity contribution < 1.29 is 19.0 Å². The van der Waals surface area contributed by atoms with Crippen LogP contribution in [0.25, 0.3) is 0 Å². The summed E-state index contributed by atoms with van der Waals surface area (Å²) < 4.78 is 16.6. The van der Waals surface area contributed by atoms with E-state index in [4.69, 9.17) is 19.5 Å². The van der Waals surface area contributed by atoms with Crippen molar-refractivity contribution in [2.75, 3.05) is 26.8 Å². The molecule has 1 saturated heterocycles. The molecule has 0 saturated carbocycles. The minimum absolute atomic E-state index is 0.238. The van der Waals surface area contributed by atoms with Crippen LogP contribution >= 0.6 is 0 Å². The fourth-order valence-corrected chi connectivity index (χ4v) is 2.76. The second-order valence-electron chi connectivity index (χ2n) is 7.22. The number of methoxy groups -OCH3 is 1. The maximum Gasteiger partial charge on any atom is 0.410 e. The number of hydrogen-bond donors (Lipinski definition) is 0. The minimum Gasteiger partial charge on any atom is -0.493 e. The largest absolute Gasteiger partial charge is 0.493 e. The van der Waals surface area contributed by atoms with Crippen LogP contribution in [0.2, 0.25) is 0 Å². The van der Waals surface area contributed by atoms with E-state index in [0.717, 1.165) is 12.8 Å². The van der Waals surface area contributed by atoms with E-state index in [0.29, 0.717) is 36.8 Å². The SMILES string of the molecule is COc1cc(C#N)ccc1OC[C@H]1CCCN(C(=O)OC(C)(C)C)C1. The smallest absolute Gasteiger partial charge is 0.410 e. The molecule has 1 heterocycles. The molecule has 0 N–H and O–H groups in total. The average Bonchev–Trinajstić information content (AvgIpc) is 2.58. The van der Waals surface area contributed by atoms with Gasteiger partial charge in [0, 0.05) is 25.1 Å². The Hall–Kier alpha value is -2.42. The number of hydrogen-bond acceptors (Lipinski definition) is 5. The summed E-state index contributed by atoms with van der Waals surface area (Å²) in [5.74, 6) is 1.39. The Morgan fingerprint density at radius 2 is 2.12 bits per heavy atom. The lowest BCUT2D eigenvalue weighted by Gasteiger charge is -2.34. The van der Waals surface area contributed by atoms with Gasteiger partial charge in [-0.2, -0.15) is 5.26 Å². The standard InChI is InChI=1S/C19H26N2O4/c1-19(2,3)25-18(22)21-9-5-6-15(12-21)13-24-16-8-7-14(11-20)10-17(16)23-4/h7-8,10,15H,5-6,9,12-13H2,1-4H3/t15-/m0/s1. The molecule has 0 aromatic heterocycles. The third kappa shape index (κ3) is 5.56. The molecule has 136 valence electrons. The van der Waals surface area contributed by atoms with E-state index in [1.54, 1.807) is 30.2 Å². The molecule has 1 atom stereocenters. The van der Waals surface area contributed by atoms with Gasteiger partial charge in [-0.1, -0.05) is 0 Å². The van der Waals surface area contributed by atoms with Crippen LogP contribution in [0.5, 0.6) is 11.5 Å². The Labute approximate surface area is 149 Å². The summed E-state index contributed by atoms with van der Waals surface area (Å²) in [5.41, 5.74) is 0.0362. The molecule has 0 unspecified atom stereocenters. The van der Waals surface area contributed by atoms with Crippen LogP contribution in [-0.4, -0.2) is 43.4 Å². The number of benzene rings is 1. The third-order valence-corrected chi connectivity index (χ3v) is 3.94. The van der Waals surface area contributed by atoms with E-state index in [1.165, 1.54) is 0 Å². The van der Waals surface area contributed by atoms with Crippen LogP contribution in [0.1, 0.15) is 39.2 Å². The zero-order valence-electron chi connectivity index (χ0n) is 15.4. The van der Waals surface area contributed by atoms with E-state index in [9.17, 15) is 4.79 Å². The maximum absolute atomic E-state index is 12.2. The number of nitriles is 1. The molecular weight excluding hydrogens is 320 g/mol. The number of likely N-dealkylation sites (tertiary alicyclic amines) is 1. The van der Waals surface area contributed by atoms with Gasteiger partial charge < -0.3 is 19.1 Å². The van der Waals surface area contributed by atoms with Crippen molar-refractivity contribution in [2.45, 2.75) is 39.2 Å². The number of rotatable bonds is 4. The van der Waals surface area contributed by atoms with Gasteiger partial charge >= 0.3 is 6.09 Å². The zero-order chi connectivity index (χ0) is 18.4. The molecule has 0 spiro atoms. The molecular formula is C19H26N2O4. The molecule has 6 heteroatoms. The van der Waals surface area contributed by atoms with E-state index < -0.39 is 5.60 Å². The van der Waals surface area contributed by atoms with Crippen molar-refractivity contribution >= 4 is 6.09 Å². The number of carbonyl (C=O) groups is 1. The molecule has 0 radical (unpaired) electrons. The van der Waals surface area contributed by atoms with Gasteiger partial charge in [-0.05, 0) is 45.7 Å². The summed E-state index contributed by atoms with van der Waals surface area (Å²) in [6.07, 6.45) is 1.66. The van der Waals surface area contributed by atoms with Gasteiger partial charge in [0.2, 0.25) is 0 Å². The van der Waals surface area contributed by atoms with Gasteiger partial charge in [-0.25, -0.2) is 4.79 Å². The summed E-state index contributed by atoms with van der Waals surface area (Å²) in [6, 6.07) is 7.18. The molecule has 1 aromatic rings. The van der Waals surface area contributed by atoms with Crippen molar-refractivity contribution in [1.82, 2.24) is 4.90 Å². The minimum atomic E-state index is -0.490. The van der Waals surface area contributed by atoms with Crippen LogP contribution in [0, 0.1) is 17.2 Å². The topological polar surface area (TPSA) is 71.8 Å². The average molecular weight is 346 g/mol. The summed E-state index contributed by atoms with van der Waals surface area (Å²) in [7, 11) is 1.55. The van der Waals surface area contributed by atoms with Crippen LogP contribution < -0.4 is 9.47 Å². The van der Waals surface area contributed by atoms with Crippen molar-refractivity contribution in [3.63, 3.8) is 0 Å². The van der Waals surface area contributed by atoms with Gasteiger partial charge in [0.1, 0.15) is 5.60 Å². The highest BCUT2D eigenvalue weighted by Crippen LogP contribution is 2.29. The lowest BCUT2D eigenvalue weighted by molar-refractivity contribution is 0.0138. The second-order valence-corrected chi connectivity index (χ2v) is 7.22. The fourth-order valence-electron chi connectivity index (χ4n) is 2.76. The second kappa shape index (κ2) is 8.11. The van der Waals surface area contributed by atoms with Gasteiger partial charge in [0.25, 0.3) is 0 Å². The molecule has 25 heavy (non-hydrogen) atoms. The first-order valence-corrected chi connectivity index (χ1v) is 8.51. The van der Waals surface area contributed by atoms with E-state index in [1.807, 2.05) is 20.8 Å². The maximum atomic E-state index is 12.2. The highest BCUT2D eigenvalue weighted by Gasteiger charge is 2.28. The lowest BCUT2D eigenvalue weighted by atomic mass is 9.99. The van der Waals surface area contributed by atoms with Crippen LogP contribution in [0.15, 0.2) is 18.2 Å². The van der Waals surface area contributed by atoms with Crippen molar-refractivity contribution in [1.29, 1.82) is 5.26 Å². The Morgan fingerprint density at radius 3 is 2.76 bits per heavy atom. The monoisotopic (exact) mass is 346 g/mol. The third-order valence-electron chi connectivity index (χ3n) is 3.94. The van der Waals surface area contributed by atoms with Crippen molar-refractivity contribution in [3.05, 3.63) is 23.8 Å². The molecule has 6 nitrogen and oxygen atoms in total. The number of nitrogens with zero attached hydrogens (tertiary/aromatic N) is 2. The van der Waals surface area contributed by atoms with Crippen molar-refractivity contribution in [3.8, 4) is 17.6 Å². The summed E-state index contributed by atoms with van der Waals surface area (Å²) in [5, 5.41) is 8.95. The number of amides is 1.